The van der Waals surface area contributed by atoms with Crippen LogP contribution in [0.25, 0.3) is 6.08 Å². The number of methoxy groups -OCH3 is 1. The summed E-state index contributed by atoms with van der Waals surface area (Å²) < 4.78 is 23.8. The van der Waals surface area contributed by atoms with Crippen LogP contribution in [0.5, 0.6) is 5.75 Å². The predicted octanol–water partition coefficient (Wildman–Crippen LogP) is 4.48. The lowest BCUT2D eigenvalue weighted by atomic mass is 10.2. The van der Waals surface area contributed by atoms with E-state index in [0.717, 1.165) is 22.9 Å². The lowest BCUT2D eigenvalue weighted by Crippen LogP contribution is -2.29. The van der Waals surface area contributed by atoms with Gasteiger partial charge < -0.3 is 9.47 Å². The molecule has 3 rings (SSSR count). The lowest BCUT2D eigenvalue weighted by molar-refractivity contribution is -0.122. The molecule has 2 aromatic carbocycles. The van der Waals surface area contributed by atoms with E-state index in [1.54, 1.807) is 49.6 Å². The number of thioether (sulfide) groups is 1. The minimum absolute atomic E-state index is 0.261. The maximum absolute atomic E-state index is 13.2. The summed E-state index contributed by atoms with van der Waals surface area (Å²) in [5, 5.41) is -0.262. The van der Waals surface area contributed by atoms with E-state index >= 15 is 0 Å². The normalized spacial score (nSPS) is 15.5. The molecular formula is C21H20FNO4S. The molecule has 1 fully saturated rings. The number of rotatable bonds is 8. The zero-order valence-electron chi connectivity index (χ0n) is 15.4. The highest BCUT2D eigenvalue weighted by molar-refractivity contribution is 8.18. The molecule has 2 aromatic rings. The molecule has 0 aliphatic carbocycles. The van der Waals surface area contributed by atoms with Crippen LogP contribution < -0.4 is 4.74 Å². The van der Waals surface area contributed by atoms with Gasteiger partial charge in [-0.2, -0.15) is 0 Å². The van der Waals surface area contributed by atoms with E-state index in [1.807, 2.05) is 0 Å². The number of hydrogen-bond donors (Lipinski definition) is 0. The fourth-order valence-corrected chi connectivity index (χ4v) is 3.53. The number of carbonyl (C=O) groups excluding carboxylic acids is 2. The van der Waals surface area contributed by atoms with Crippen LogP contribution in [0.15, 0.2) is 53.4 Å². The first-order valence-electron chi connectivity index (χ1n) is 8.78. The van der Waals surface area contributed by atoms with Crippen molar-refractivity contribution in [2.45, 2.75) is 13.0 Å². The first-order chi connectivity index (χ1) is 13.6. The number of halogens is 1. The van der Waals surface area contributed by atoms with Crippen molar-refractivity contribution in [2.24, 2.45) is 0 Å². The van der Waals surface area contributed by atoms with Gasteiger partial charge in [0.1, 0.15) is 18.2 Å². The van der Waals surface area contributed by atoms with E-state index in [-0.39, 0.29) is 23.6 Å². The second kappa shape index (κ2) is 9.52. The molecule has 5 nitrogen and oxygen atoms in total. The number of nitrogens with zero attached hydrogens (tertiary/aromatic N) is 1. The second-order valence-corrected chi connectivity index (χ2v) is 7.16. The molecule has 0 saturated carbocycles. The Morgan fingerprint density at radius 1 is 1.14 bits per heavy atom. The highest BCUT2D eigenvalue weighted by atomic mass is 32.2. The first-order valence-corrected chi connectivity index (χ1v) is 9.60. The summed E-state index contributed by atoms with van der Waals surface area (Å²) in [6.45, 7) is 1.11. The average molecular weight is 401 g/mol. The number of imide groups is 1. The third-order valence-electron chi connectivity index (χ3n) is 4.08. The molecule has 0 bridgehead atoms. The number of hydrogen-bond acceptors (Lipinski definition) is 5. The van der Waals surface area contributed by atoms with Crippen molar-refractivity contribution in [1.29, 1.82) is 0 Å². The molecule has 0 N–H and O–H groups in total. The summed E-state index contributed by atoms with van der Waals surface area (Å²) in [5.41, 5.74) is 1.53. The fraction of sp³-hybridized carbons (Fsp3) is 0.238. The summed E-state index contributed by atoms with van der Waals surface area (Å²) in [4.78, 5) is 26.0. The standard InChI is InChI=1S/C21H20FNO4S/c1-26-11-3-10-23-20(24)19(28-21(23)25)13-15-6-8-18(9-7-15)27-14-16-4-2-5-17(22)12-16/h2,4-9,12-13H,3,10-11,14H2,1H3/b19-13+. The summed E-state index contributed by atoms with van der Waals surface area (Å²) >= 11 is 0.939. The Hall–Kier alpha value is -2.64. The molecule has 7 heteroatoms. The number of amides is 2. The Kier molecular flexibility index (Phi) is 6.84. The summed E-state index contributed by atoms with van der Waals surface area (Å²) in [7, 11) is 1.58. The minimum atomic E-state index is -0.299. The van der Waals surface area contributed by atoms with Crippen molar-refractivity contribution in [3.63, 3.8) is 0 Å². The SMILES string of the molecule is COCCCN1C(=O)S/C(=C/c2ccc(OCc3cccc(F)c3)cc2)C1=O. The molecule has 146 valence electrons. The number of ether oxygens (including phenoxy) is 2. The Bertz CT molecular complexity index is 882. The van der Waals surface area contributed by atoms with E-state index in [4.69, 9.17) is 9.47 Å². The van der Waals surface area contributed by atoms with Crippen LogP contribution in [-0.2, 0) is 16.1 Å². The topological polar surface area (TPSA) is 55.8 Å². The molecule has 0 atom stereocenters. The van der Waals surface area contributed by atoms with Gasteiger partial charge in [0, 0.05) is 20.3 Å². The highest BCUT2D eigenvalue weighted by Crippen LogP contribution is 2.32. The maximum Gasteiger partial charge on any atom is 0.293 e. The van der Waals surface area contributed by atoms with Crippen LogP contribution in [0.4, 0.5) is 9.18 Å². The van der Waals surface area contributed by atoms with Crippen LogP contribution in [0.2, 0.25) is 0 Å². The maximum atomic E-state index is 13.2. The zero-order chi connectivity index (χ0) is 19.9. The Morgan fingerprint density at radius 2 is 1.93 bits per heavy atom. The average Bonchev–Trinajstić information content (AvgIpc) is 2.95. The van der Waals surface area contributed by atoms with Crippen molar-refractivity contribution < 1.29 is 23.5 Å². The minimum Gasteiger partial charge on any atom is -0.489 e. The van der Waals surface area contributed by atoms with Crippen molar-refractivity contribution >= 4 is 29.0 Å². The molecule has 1 saturated heterocycles. The molecule has 1 aliphatic heterocycles. The molecule has 0 radical (unpaired) electrons. The molecule has 1 aliphatic rings. The molecular weight excluding hydrogens is 381 g/mol. The summed E-state index contributed by atoms with van der Waals surface area (Å²) in [6.07, 6.45) is 2.30. The Morgan fingerprint density at radius 3 is 2.64 bits per heavy atom. The van der Waals surface area contributed by atoms with Crippen LogP contribution >= 0.6 is 11.8 Å². The monoisotopic (exact) mass is 401 g/mol. The van der Waals surface area contributed by atoms with Gasteiger partial charge in [0.2, 0.25) is 0 Å². The van der Waals surface area contributed by atoms with E-state index in [2.05, 4.69) is 0 Å². The van der Waals surface area contributed by atoms with Crippen molar-refractivity contribution in [3.8, 4) is 5.75 Å². The molecule has 0 unspecified atom stereocenters. The third kappa shape index (κ3) is 5.21. The van der Waals surface area contributed by atoms with Crippen molar-refractivity contribution in [2.75, 3.05) is 20.3 Å². The Balaban J connectivity index is 1.60. The second-order valence-electron chi connectivity index (χ2n) is 6.17. The van der Waals surface area contributed by atoms with Gasteiger partial charge in [-0.05, 0) is 59.7 Å². The zero-order valence-corrected chi connectivity index (χ0v) is 16.2. The van der Waals surface area contributed by atoms with E-state index in [9.17, 15) is 14.0 Å². The predicted molar refractivity (Wildman–Crippen MR) is 106 cm³/mol. The quantitative estimate of drug-likeness (QED) is 0.482. The van der Waals surface area contributed by atoms with Crippen molar-refractivity contribution in [3.05, 3.63) is 70.4 Å². The van der Waals surface area contributed by atoms with Gasteiger partial charge in [0.25, 0.3) is 11.1 Å². The highest BCUT2D eigenvalue weighted by Gasteiger charge is 2.34. The molecule has 28 heavy (non-hydrogen) atoms. The largest absolute Gasteiger partial charge is 0.489 e. The number of carbonyl (C=O) groups is 2. The Labute approximate surface area is 167 Å². The first kappa shape index (κ1) is 20.1. The third-order valence-corrected chi connectivity index (χ3v) is 4.98. The summed E-state index contributed by atoms with van der Waals surface area (Å²) in [6, 6.07) is 13.4. The van der Waals surface area contributed by atoms with Gasteiger partial charge >= 0.3 is 0 Å². The number of benzene rings is 2. The van der Waals surface area contributed by atoms with Gasteiger partial charge in [-0.15, -0.1) is 0 Å². The summed E-state index contributed by atoms with van der Waals surface area (Å²) in [5.74, 6) is 0.0548. The smallest absolute Gasteiger partial charge is 0.293 e. The fourth-order valence-electron chi connectivity index (χ4n) is 2.66. The van der Waals surface area contributed by atoms with Crippen LogP contribution in [0.3, 0.4) is 0 Å². The van der Waals surface area contributed by atoms with Gasteiger partial charge in [0.15, 0.2) is 0 Å². The van der Waals surface area contributed by atoms with Gasteiger partial charge in [-0.25, -0.2) is 4.39 Å². The van der Waals surface area contributed by atoms with Gasteiger partial charge in [0.05, 0.1) is 4.91 Å². The van der Waals surface area contributed by atoms with Crippen LogP contribution in [0.1, 0.15) is 17.5 Å². The molecule has 0 aromatic heterocycles. The van der Waals surface area contributed by atoms with Gasteiger partial charge in [-0.1, -0.05) is 24.3 Å². The van der Waals surface area contributed by atoms with E-state index in [1.165, 1.54) is 17.0 Å². The lowest BCUT2D eigenvalue weighted by Gasteiger charge is -2.11. The van der Waals surface area contributed by atoms with E-state index in [0.29, 0.717) is 30.2 Å². The molecule has 1 heterocycles. The van der Waals surface area contributed by atoms with Crippen LogP contribution in [0, 0.1) is 5.82 Å². The molecule has 2 amide bonds. The molecule has 0 spiro atoms. The van der Waals surface area contributed by atoms with Crippen molar-refractivity contribution in [1.82, 2.24) is 4.90 Å². The van der Waals surface area contributed by atoms with Crippen LogP contribution in [-0.4, -0.2) is 36.3 Å². The van der Waals surface area contributed by atoms with Gasteiger partial charge in [-0.3, -0.25) is 14.5 Å². The van der Waals surface area contributed by atoms with E-state index < -0.39 is 0 Å².